The lowest BCUT2D eigenvalue weighted by Gasteiger charge is -2.33. The first-order valence-electron chi connectivity index (χ1n) is 14.6. The van der Waals surface area contributed by atoms with Gasteiger partial charge in [0.2, 0.25) is 5.91 Å². The van der Waals surface area contributed by atoms with Gasteiger partial charge < -0.3 is 24.1 Å². The molecule has 2 saturated carbocycles. The third-order valence-electron chi connectivity index (χ3n) is 8.43. The van der Waals surface area contributed by atoms with E-state index in [1.54, 1.807) is 6.07 Å². The SMILES string of the molecule is O=C(NC1CCCCC1)C(C1CCCCC1)n1c(CCOc2ccc3c(c2)OCCO3)nc2ccc(F)cc21. The lowest BCUT2D eigenvalue weighted by Crippen LogP contribution is -2.44. The molecule has 2 aromatic carbocycles. The summed E-state index contributed by atoms with van der Waals surface area (Å²) in [5.74, 6) is 2.76. The molecule has 1 unspecified atom stereocenters. The molecule has 0 saturated heterocycles. The largest absolute Gasteiger partial charge is 0.493 e. The lowest BCUT2D eigenvalue weighted by atomic mass is 9.82. The van der Waals surface area contributed by atoms with Crippen molar-refractivity contribution in [1.82, 2.24) is 14.9 Å². The monoisotopic (exact) mass is 535 g/mol. The Balaban J connectivity index is 1.29. The van der Waals surface area contributed by atoms with Gasteiger partial charge in [-0.15, -0.1) is 0 Å². The number of ether oxygens (including phenoxy) is 3. The van der Waals surface area contributed by atoms with Crippen LogP contribution in [0.5, 0.6) is 17.2 Å². The molecule has 7 nitrogen and oxygen atoms in total. The van der Waals surface area contributed by atoms with Gasteiger partial charge in [-0.1, -0.05) is 38.5 Å². The Morgan fingerprint density at radius 1 is 0.974 bits per heavy atom. The minimum absolute atomic E-state index is 0.0476. The van der Waals surface area contributed by atoms with E-state index >= 15 is 0 Å². The highest BCUT2D eigenvalue weighted by molar-refractivity contribution is 5.85. The van der Waals surface area contributed by atoms with Gasteiger partial charge in [-0.05, 0) is 61.9 Å². The Morgan fingerprint density at radius 3 is 2.51 bits per heavy atom. The molecule has 3 aliphatic rings. The van der Waals surface area contributed by atoms with Crippen molar-refractivity contribution in [3.05, 3.63) is 48.0 Å². The van der Waals surface area contributed by atoms with Crippen LogP contribution in [0.2, 0.25) is 0 Å². The van der Waals surface area contributed by atoms with Gasteiger partial charge in [-0.3, -0.25) is 4.79 Å². The fourth-order valence-electron chi connectivity index (χ4n) is 6.50. The molecule has 8 heteroatoms. The number of nitrogens with zero attached hydrogens (tertiary/aromatic N) is 2. The van der Waals surface area contributed by atoms with Crippen LogP contribution in [0.25, 0.3) is 11.0 Å². The maximum Gasteiger partial charge on any atom is 0.243 e. The molecular formula is C31H38FN3O4. The summed E-state index contributed by atoms with van der Waals surface area (Å²) in [6.07, 6.45) is 11.5. The van der Waals surface area contributed by atoms with E-state index in [0.717, 1.165) is 62.9 Å². The molecule has 0 radical (unpaired) electrons. The summed E-state index contributed by atoms with van der Waals surface area (Å²) in [4.78, 5) is 18.9. The Morgan fingerprint density at radius 2 is 1.72 bits per heavy atom. The minimum atomic E-state index is -0.414. The van der Waals surface area contributed by atoms with Gasteiger partial charge in [0.05, 0.1) is 17.6 Å². The van der Waals surface area contributed by atoms with Crippen molar-refractivity contribution in [3.8, 4) is 17.2 Å². The molecule has 2 heterocycles. The molecule has 1 N–H and O–H groups in total. The van der Waals surface area contributed by atoms with Crippen LogP contribution in [0.15, 0.2) is 36.4 Å². The number of hydrogen-bond donors (Lipinski definition) is 1. The van der Waals surface area contributed by atoms with Crippen molar-refractivity contribution in [1.29, 1.82) is 0 Å². The number of rotatable bonds is 8. The molecule has 2 aliphatic carbocycles. The van der Waals surface area contributed by atoms with Crippen LogP contribution >= 0.6 is 0 Å². The van der Waals surface area contributed by atoms with Crippen molar-refractivity contribution >= 4 is 16.9 Å². The Hall–Kier alpha value is -3.29. The van der Waals surface area contributed by atoms with Crippen LogP contribution < -0.4 is 19.5 Å². The Kier molecular flexibility index (Phi) is 7.88. The van der Waals surface area contributed by atoms with Crippen molar-refractivity contribution in [2.75, 3.05) is 19.8 Å². The highest BCUT2D eigenvalue weighted by atomic mass is 19.1. The van der Waals surface area contributed by atoms with E-state index in [0.29, 0.717) is 48.8 Å². The molecule has 208 valence electrons. The second-order valence-electron chi connectivity index (χ2n) is 11.1. The van der Waals surface area contributed by atoms with Crippen LogP contribution in [0, 0.1) is 11.7 Å². The highest BCUT2D eigenvalue weighted by Gasteiger charge is 2.35. The second kappa shape index (κ2) is 11.8. The molecule has 1 aliphatic heterocycles. The molecule has 39 heavy (non-hydrogen) atoms. The molecule has 0 spiro atoms. The molecule has 3 aromatic rings. The molecule has 6 rings (SSSR count). The van der Waals surface area contributed by atoms with E-state index in [4.69, 9.17) is 19.2 Å². The van der Waals surface area contributed by atoms with Crippen LogP contribution in [-0.4, -0.2) is 41.3 Å². The summed E-state index contributed by atoms with van der Waals surface area (Å²) in [7, 11) is 0. The third-order valence-corrected chi connectivity index (χ3v) is 8.43. The van der Waals surface area contributed by atoms with Crippen LogP contribution in [0.3, 0.4) is 0 Å². The summed E-state index contributed by atoms with van der Waals surface area (Å²) in [6.45, 7) is 1.43. The van der Waals surface area contributed by atoms with Gasteiger partial charge in [0.1, 0.15) is 36.6 Å². The Labute approximate surface area is 229 Å². The summed E-state index contributed by atoms with van der Waals surface area (Å²) in [6, 6.07) is 10.0. The second-order valence-corrected chi connectivity index (χ2v) is 11.1. The number of carbonyl (C=O) groups is 1. The molecule has 0 bridgehead atoms. The number of imidazole rings is 1. The maximum atomic E-state index is 14.5. The van der Waals surface area contributed by atoms with Crippen molar-refractivity contribution in [2.24, 2.45) is 5.92 Å². The number of benzene rings is 2. The summed E-state index contributed by atoms with van der Waals surface area (Å²) >= 11 is 0. The summed E-state index contributed by atoms with van der Waals surface area (Å²) < 4.78 is 33.9. The van der Waals surface area contributed by atoms with Gasteiger partial charge in [0.15, 0.2) is 11.5 Å². The number of hydrogen-bond acceptors (Lipinski definition) is 5. The zero-order valence-electron chi connectivity index (χ0n) is 22.5. The van der Waals surface area contributed by atoms with Crippen molar-refractivity contribution in [3.63, 3.8) is 0 Å². The zero-order valence-corrected chi connectivity index (χ0v) is 22.5. The first-order valence-corrected chi connectivity index (χ1v) is 14.6. The van der Waals surface area contributed by atoms with Gasteiger partial charge >= 0.3 is 0 Å². The highest BCUT2D eigenvalue weighted by Crippen LogP contribution is 2.37. The van der Waals surface area contributed by atoms with Crippen molar-refractivity contribution in [2.45, 2.75) is 82.7 Å². The number of aromatic nitrogens is 2. The van der Waals surface area contributed by atoms with Crippen molar-refractivity contribution < 1.29 is 23.4 Å². The van der Waals surface area contributed by atoms with Gasteiger partial charge in [-0.25, -0.2) is 9.37 Å². The predicted molar refractivity (Wildman–Crippen MR) is 147 cm³/mol. The molecular weight excluding hydrogens is 497 g/mol. The van der Waals surface area contributed by atoms with E-state index < -0.39 is 6.04 Å². The zero-order chi connectivity index (χ0) is 26.6. The smallest absolute Gasteiger partial charge is 0.243 e. The summed E-state index contributed by atoms with van der Waals surface area (Å²) in [5, 5.41) is 3.38. The van der Waals surface area contributed by atoms with E-state index in [2.05, 4.69) is 5.32 Å². The van der Waals surface area contributed by atoms with Gasteiger partial charge in [-0.2, -0.15) is 0 Å². The van der Waals surface area contributed by atoms with Gasteiger partial charge in [0.25, 0.3) is 0 Å². The topological polar surface area (TPSA) is 74.6 Å². The Bertz CT molecular complexity index is 1300. The molecule has 1 amide bonds. The lowest BCUT2D eigenvalue weighted by molar-refractivity contribution is -0.127. The number of amides is 1. The first-order chi connectivity index (χ1) is 19.2. The quantitative estimate of drug-likeness (QED) is 0.375. The van der Waals surface area contributed by atoms with Crippen LogP contribution in [0.1, 0.15) is 76.1 Å². The molecule has 2 fully saturated rings. The third kappa shape index (κ3) is 5.85. The first kappa shape index (κ1) is 26.0. The van der Waals surface area contributed by atoms with E-state index in [1.165, 1.54) is 25.0 Å². The number of fused-ring (bicyclic) bond motifs is 2. The average molecular weight is 536 g/mol. The summed E-state index contributed by atoms with van der Waals surface area (Å²) in [5.41, 5.74) is 1.38. The van der Waals surface area contributed by atoms with Gasteiger partial charge in [0, 0.05) is 18.5 Å². The van der Waals surface area contributed by atoms with Crippen LogP contribution in [-0.2, 0) is 11.2 Å². The minimum Gasteiger partial charge on any atom is -0.493 e. The van der Waals surface area contributed by atoms with E-state index in [-0.39, 0.29) is 23.7 Å². The molecule has 1 aromatic heterocycles. The standard InChI is InChI=1S/C31H38FN3O4/c32-22-11-13-25-26(19-22)35(29(34-25)15-16-37-24-12-14-27-28(20-24)39-18-17-38-27)30(21-7-3-1-4-8-21)31(36)33-23-9-5-2-6-10-23/h11-14,19-21,23,30H,1-10,15-18H2,(H,33,36). The normalized spacial score (nSPS) is 19.1. The average Bonchev–Trinajstić information content (AvgIpc) is 3.31. The number of halogens is 1. The number of carbonyl (C=O) groups excluding carboxylic acids is 1. The molecule has 1 atom stereocenters. The maximum absolute atomic E-state index is 14.5. The van der Waals surface area contributed by atoms with E-state index in [9.17, 15) is 9.18 Å². The predicted octanol–water partition coefficient (Wildman–Crippen LogP) is 6.14. The fourth-order valence-corrected chi connectivity index (χ4v) is 6.50. The number of nitrogens with one attached hydrogen (secondary N) is 1. The van der Waals surface area contributed by atoms with E-state index in [1.807, 2.05) is 22.8 Å². The fraction of sp³-hybridized carbons (Fsp3) is 0.548. The van der Waals surface area contributed by atoms with Crippen LogP contribution in [0.4, 0.5) is 4.39 Å².